The highest BCUT2D eigenvalue weighted by atomic mass is 19.1. The second kappa shape index (κ2) is 4.60. The molecule has 0 spiro atoms. The Morgan fingerprint density at radius 1 is 1.39 bits per heavy atom. The van der Waals surface area contributed by atoms with Crippen molar-refractivity contribution < 1.29 is 23.1 Å². The molecule has 1 heterocycles. The molecule has 0 unspecified atom stereocenters. The first-order valence-electron chi connectivity index (χ1n) is 5.45. The maximum atomic E-state index is 13.5. The lowest BCUT2D eigenvalue weighted by molar-refractivity contribution is -0.137. The molecule has 0 saturated heterocycles. The van der Waals surface area contributed by atoms with Gasteiger partial charge in [-0.3, -0.25) is 4.79 Å². The van der Waals surface area contributed by atoms with E-state index in [2.05, 4.69) is 4.74 Å². The molecule has 0 amide bonds. The minimum Gasteiger partial charge on any atom is -0.460 e. The molecule has 0 fully saturated rings. The third-order valence-corrected chi connectivity index (χ3v) is 2.58. The Balaban J connectivity index is 2.52. The van der Waals surface area contributed by atoms with Gasteiger partial charge in [-0.2, -0.15) is 0 Å². The van der Waals surface area contributed by atoms with Gasteiger partial charge in [0.05, 0.1) is 6.61 Å². The molecule has 0 bridgehead atoms. The van der Waals surface area contributed by atoms with E-state index in [4.69, 9.17) is 4.42 Å². The van der Waals surface area contributed by atoms with Gasteiger partial charge in [0, 0.05) is 10.9 Å². The fourth-order valence-corrected chi connectivity index (χ4v) is 1.71. The number of furan rings is 1. The molecule has 1 aromatic heterocycles. The van der Waals surface area contributed by atoms with Gasteiger partial charge in [-0.05, 0) is 19.9 Å². The number of halogens is 1. The number of hydrogen-bond acceptors (Lipinski definition) is 4. The molecule has 0 radical (unpaired) electrons. The number of rotatable bonds is 3. The van der Waals surface area contributed by atoms with Crippen LogP contribution in [0.15, 0.2) is 22.6 Å². The maximum absolute atomic E-state index is 13.5. The van der Waals surface area contributed by atoms with Crippen LogP contribution in [0.3, 0.4) is 0 Å². The Morgan fingerprint density at radius 3 is 2.72 bits per heavy atom. The van der Waals surface area contributed by atoms with Crippen molar-refractivity contribution in [1.29, 1.82) is 0 Å². The first-order valence-corrected chi connectivity index (χ1v) is 5.45. The van der Waals surface area contributed by atoms with Crippen LogP contribution in [0.2, 0.25) is 0 Å². The van der Waals surface area contributed by atoms with Crippen LogP contribution in [0.1, 0.15) is 23.0 Å². The smallest absolute Gasteiger partial charge is 0.383 e. The Bertz CT molecular complexity index is 627. The topological polar surface area (TPSA) is 56.5 Å². The highest BCUT2D eigenvalue weighted by Crippen LogP contribution is 2.27. The third-order valence-electron chi connectivity index (χ3n) is 2.58. The van der Waals surface area contributed by atoms with Crippen molar-refractivity contribution in [2.75, 3.05) is 6.61 Å². The van der Waals surface area contributed by atoms with E-state index in [1.165, 1.54) is 12.1 Å². The summed E-state index contributed by atoms with van der Waals surface area (Å²) in [5.41, 5.74) is 0.408. The van der Waals surface area contributed by atoms with Gasteiger partial charge in [0.1, 0.15) is 0 Å². The number of ether oxygens (including phenoxy) is 1. The summed E-state index contributed by atoms with van der Waals surface area (Å²) in [7, 11) is 0. The number of carbonyl (C=O) groups excluding carboxylic acids is 2. The second-order valence-corrected chi connectivity index (χ2v) is 3.72. The lowest BCUT2D eigenvalue weighted by Crippen LogP contribution is -2.17. The van der Waals surface area contributed by atoms with Crippen molar-refractivity contribution in [2.24, 2.45) is 0 Å². The molecule has 0 saturated carbocycles. The number of para-hydroxylation sites is 1. The minimum atomic E-state index is -1.000. The molecule has 0 aliphatic carbocycles. The van der Waals surface area contributed by atoms with Gasteiger partial charge in [-0.25, -0.2) is 9.18 Å². The van der Waals surface area contributed by atoms with Crippen LogP contribution in [-0.2, 0) is 9.53 Å². The van der Waals surface area contributed by atoms with Crippen molar-refractivity contribution in [3.05, 3.63) is 35.3 Å². The van der Waals surface area contributed by atoms with E-state index in [1.807, 2.05) is 0 Å². The Kier molecular flexibility index (Phi) is 3.14. The van der Waals surface area contributed by atoms with Crippen molar-refractivity contribution in [2.45, 2.75) is 13.8 Å². The molecular formula is C13H11FO4. The second-order valence-electron chi connectivity index (χ2n) is 3.72. The molecule has 2 rings (SSSR count). The van der Waals surface area contributed by atoms with Gasteiger partial charge in [0.25, 0.3) is 0 Å². The van der Waals surface area contributed by atoms with E-state index in [0.717, 1.165) is 0 Å². The van der Waals surface area contributed by atoms with Crippen LogP contribution in [0, 0.1) is 12.7 Å². The van der Waals surface area contributed by atoms with Crippen molar-refractivity contribution in [1.82, 2.24) is 0 Å². The lowest BCUT2D eigenvalue weighted by atomic mass is 10.1. The van der Waals surface area contributed by atoms with E-state index in [0.29, 0.717) is 10.9 Å². The average molecular weight is 250 g/mol. The van der Waals surface area contributed by atoms with Gasteiger partial charge in [-0.15, -0.1) is 0 Å². The lowest BCUT2D eigenvalue weighted by Gasteiger charge is -1.98. The number of ketones is 1. The maximum Gasteiger partial charge on any atom is 0.383 e. The molecule has 0 N–H and O–H groups in total. The number of Topliss-reactive ketones (excluding diaryl/α,β-unsaturated/α-hetero) is 1. The monoisotopic (exact) mass is 250 g/mol. The molecule has 5 heteroatoms. The first-order chi connectivity index (χ1) is 8.56. The number of fused-ring (bicyclic) bond motifs is 1. The zero-order valence-electron chi connectivity index (χ0n) is 9.95. The van der Waals surface area contributed by atoms with E-state index in [1.54, 1.807) is 19.9 Å². The number of aryl methyl sites for hydroxylation is 1. The van der Waals surface area contributed by atoms with Crippen molar-refractivity contribution in [3.63, 3.8) is 0 Å². The number of hydrogen-bond donors (Lipinski definition) is 0. The van der Waals surface area contributed by atoms with E-state index < -0.39 is 17.6 Å². The molecule has 1 aromatic carbocycles. The highest BCUT2D eigenvalue weighted by molar-refractivity contribution is 6.40. The summed E-state index contributed by atoms with van der Waals surface area (Å²) in [6, 6.07) is 4.36. The fraction of sp³-hybridized carbons (Fsp3) is 0.231. The van der Waals surface area contributed by atoms with Gasteiger partial charge in [-0.1, -0.05) is 12.1 Å². The quantitative estimate of drug-likeness (QED) is 0.477. The summed E-state index contributed by atoms with van der Waals surface area (Å²) < 4.78 is 23.2. The van der Waals surface area contributed by atoms with Crippen LogP contribution in [0.25, 0.3) is 11.0 Å². The fourth-order valence-electron chi connectivity index (χ4n) is 1.71. The van der Waals surface area contributed by atoms with Crippen LogP contribution in [-0.4, -0.2) is 18.4 Å². The Hall–Kier alpha value is -2.17. The van der Waals surface area contributed by atoms with Gasteiger partial charge in [0.2, 0.25) is 0 Å². The molecule has 94 valence electrons. The third kappa shape index (κ3) is 1.88. The SMILES string of the molecule is CCOC(=O)C(=O)c1oc2c(F)cccc2c1C. The summed E-state index contributed by atoms with van der Waals surface area (Å²) in [6.45, 7) is 3.28. The zero-order chi connectivity index (χ0) is 13.3. The van der Waals surface area contributed by atoms with E-state index >= 15 is 0 Å². The van der Waals surface area contributed by atoms with Crippen molar-refractivity contribution in [3.8, 4) is 0 Å². The van der Waals surface area contributed by atoms with Crippen molar-refractivity contribution >= 4 is 22.7 Å². The number of carbonyl (C=O) groups is 2. The summed E-state index contributed by atoms with van der Waals surface area (Å²) in [6.07, 6.45) is 0. The minimum absolute atomic E-state index is 0.0253. The summed E-state index contributed by atoms with van der Waals surface area (Å²) in [5.74, 6) is -2.64. The Morgan fingerprint density at radius 2 is 2.11 bits per heavy atom. The average Bonchev–Trinajstić information content (AvgIpc) is 2.68. The van der Waals surface area contributed by atoms with Crippen LogP contribution in [0.5, 0.6) is 0 Å². The molecule has 0 aliphatic rings. The first kappa shape index (κ1) is 12.3. The van der Waals surface area contributed by atoms with Gasteiger partial charge in [0.15, 0.2) is 17.2 Å². The molecule has 2 aromatic rings. The molecule has 0 atom stereocenters. The van der Waals surface area contributed by atoms with E-state index in [9.17, 15) is 14.0 Å². The van der Waals surface area contributed by atoms with Crippen LogP contribution >= 0.6 is 0 Å². The largest absolute Gasteiger partial charge is 0.460 e. The summed E-state index contributed by atoms with van der Waals surface area (Å²) >= 11 is 0. The summed E-state index contributed by atoms with van der Waals surface area (Å²) in [4.78, 5) is 23.1. The molecular weight excluding hydrogens is 239 g/mol. The van der Waals surface area contributed by atoms with Crippen LogP contribution in [0.4, 0.5) is 4.39 Å². The standard InChI is InChI=1S/C13H11FO4/c1-3-17-13(16)10(15)11-7(2)8-5-4-6-9(14)12(8)18-11/h4-6H,3H2,1-2H3. The number of esters is 1. The highest BCUT2D eigenvalue weighted by Gasteiger charge is 2.26. The number of benzene rings is 1. The van der Waals surface area contributed by atoms with Gasteiger partial charge < -0.3 is 9.15 Å². The van der Waals surface area contributed by atoms with Gasteiger partial charge >= 0.3 is 11.8 Å². The Labute approximate surface area is 102 Å². The van der Waals surface area contributed by atoms with E-state index in [-0.39, 0.29) is 18.0 Å². The molecule has 0 aliphatic heterocycles. The normalized spacial score (nSPS) is 10.6. The van der Waals surface area contributed by atoms with Crippen LogP contribution < -0.4 is 0 Å². The summed E-state index contributed by atoms with van der Waals surface area (Å²) in [5, 5.41) is 0.475. The zero-order valence-corrected chi connectivity index (χ0v) is 9.95. The predicted molar refractivity (Wildman–Crippen MR) is 61.9 cm³/mol. The molecule has 4 nitrogen and oxygen atoms in total. The molecule has 18 heavy (non-hydrogen) atoms. The predicted octanol–water partition coefficient (Wildman–Crippen LogP) is 2.63.